The second-order valence-electron chi connectivity index (χ2n) is 8.39. The molecule has 2 aromatic heterocycles. The Balaban J connectivity index is 1.48. The molecule has 0 saturated heterocycles. The van der Waals surface area contributed by atoms with Crippen LogP contribution in [0.5, 0.6) is 5.75 Å². The van der Waals surface area contributed by atoms with Crippen molar-refractivity contribution in [1.82, 2.24) is 30.3 Å². The maximum Gasteiger partial charge on any atom is 0.573 e. The molecule has 8 nitrogen and oxygen atoms in total. The number of nitrogens with one attached hydrogen (secondary N) is 1. The van der Waals surface area contributed by atoms with Gasteiger partial charge < -0.3 is 10.1 Å². The number of amides is 1. The Labute approximate surface area is 231 Å². The van der Waals surface area contributed by atoms with E-state index in [0.717, 1.165) is 11.1 Å². The molecular formula is C28H21F3N6O2S. The number of halogens is 3. The summed E-state index contributed by atoms with van der Waals surface area (Å²) in [4.78, 5) is 22.1. The Hall–Kier alpha value is -4.71. The van der Waals surface area contributed by atoms with E-state index in [9.17, 15) is 18.0 Å². The highest BCUT2D eigenvalue weighted by atomic mass is 32.2. The Kier molecular flexibility index (Phi) is 8.06. The topological polar surface area (TPSA) is 94.8 Å². The number of carbonyl (C=O) groups is 1. The molecule has 0 saturated carbocycles. The molecule has 0 bridgehead atoms. The van der Waals surface area contributed by atoms with Gasteiger partial charge in [-0.25, -0.2) is 14.6 Å². The summed E-state index contributed by atoms with van der Waals surface area (Å²) < 4.78 is 43.2. The first-order valence-corrected chi connectivity index (χ1v) is 13.0. The maximum atomic E-state index is 13.7. The van der Waals surface area contributed by atoms with Crippen LogP contribution in [-0.4, -0.2) is 37.2 Å². The van der Waals surface area contributed by atoms with E-state index in [1.54, 1.807) is 18.5 Å². The summed E-state index contributed by atoms with van der Waals surface area (Å²) in [6.07, 6.45) is -1.62. The standard InChI is InChI=1S/C28H21F3N6O2S/c29-28(30,31)39-22-14-12-21(13-15-22)37-23(18-40-27-32-16-7-17-33-27)25(35-36-37)26(38)34-24(19-8-3-1-4-9-19)20-10-5-2-6-11-20/h1-17,24H,18H2,(H,34,38). The third-order valence-electron chi connectivity index (χ3n) is 5.71. The zero-order valence-electron chi connectivity index (χ0n) is 20.7. The maximum absolute atomic E-state index is 13.7. The number of carbonyl (C=O) groups excluding carboxylic acids is 1. The van der Waals surface area contributed by atoms with Gasteiger partial charge >= 0.3 is 6.36 Å². The largest absolute Gasteiger partial charge is 0.573 e. The quantitative estimate of drug-likeness (QED) is 0.180. The molecule has 0 atom stereocenters. The van der Waals surface area contributed by atoms with E-state index in [1.807, 2.05) is 60.7 Å². The Bertz CT molecular complexity index is 1510. The second-order valence-corrected chi connectivity index (χ2v) is 9.33. The second kappa shape index (κ2) is 12.0. The van der Waals surface area contributed by atoms with Crippen LogP contribution in [0.4, 0.5) is 13.2 Å². The number of ether oxygens (including phenoxy) is 1. The molecule has 0 aliphatic carbocycles. The van der Waals surface area contributed by atoms with Gasteiger partial charge in [0.2, 0.25) is 0 Å². The van der Waals surface area contributed by atoms with E-state index >= 15 is 0 Å². The van der Waals surface area contributed by atoms with Crippen molar-refractivity contribution in [2.24, 2.45) is 0 Å². The van der Waals surface area contributed by atoms with Crippen molar-refractivity contribution in [3.05, 3.63) is 126 Å². The first-order valence-electron chi connectivity index (χ1n) is 12.0. The van der Waals surface area contributed by atoms with E-state index < -0.39 is 18.3 Å². The van der Waals surface area contributed by atoms with Crippen molar-refractivity contribution in [2.75, 3.05) is 0 Å². The highest BCUT2D eigenvalue weighted by molar-refractivity contribution is 7.98. The van der Waals surface area contributed by atoms with Gasteiger partial charge in [-0.1, -0.05) is 77.6 Å². The molecule has 40 heavy (non-hydrogen) atoms. The van der Waals surface area contributed by atoms with Crippen molar-refractivity contribution >= 4 is 17.7 Å². The molecule has 0 radical (unpaired) electrons. The molecule has 202 valence electrons. The van der Waals surface area contributed by atoms with E-state index in [2.05, 4.69) is 30.3 Å². The number of aromatic nitrogens is 5. The fourth-order valence-corrected chi connectivity index (χ4v) is 4.74. The van der Waals surface area contributed by atoms with Gasteiger partial charge in [0, 0.05) is 18.1 Å². The molecule has 0 spiro atoms. The van der Waals surface area contributed by atoms with Crippen molar-refractivity contribution < 1.29 is 22.7 Å². The van der Waals surface area contributed by atoms with Gasteiger partial charge in [0.15, 0.2) is 10.9 Å². The predicted molar refractivity (Wildman–Crippen MR) is 142 cm³/mol. The highest BCUT2D eigenvalue weighted by Crippen LogP contribution is 2.27. The van der Waals surface area contributed by atoms with Gasteiger partial charge in [-0.15, -0.1) is 18.3 Å². The zero-order valence-corrected chi connectivity index (χ0v) is 21.5. The Morgan fingerprint density at radius 2 is 1.48 bits per heavy atom. The molecule has 5 aromatic rings. The van der Waals surface area contributed by atoms with Crippen molar-refractivity contribution in [3.8, 4) is 11.4 Å². The van der Waals surface area contributed by atoms with Crippen molar-refractivity contribution in [1.29, 1.82) is 0 Å². The smallest absolute Gasteiger partial charge is 0.406 e. The molecule has 12 heteroatoms. The molecule has 0 fully saturated rings. The number of nitrogens with zero attached hydrogens (tertiary/aromatic N) is 5. The third kappa shape index (κ3) is 6.64. The van der Waals surface area contributed by atoms with Crippen LogP contribution in [0, 0.1) is 0 Å². The SMILES string of the molecule is O=C(NC(c1ccccc1)c1ccccc1)c1nnn(-c2ccc(OC(F)(F)F)cc2)c1CSc1ncccn1. The molecule has 2 heterocycles. The van der Waals surface area contributed by atoms with Gasteiger partial charge in [0.25, 0.3) is 5.91 Å². The fourth-order valence-electron chi connectivity index (χ4n) is 3.95. The van der Waals surface area contributed by atoms with E-state index in [4.69, 9.17) is 0 Å². The van der Waals surface area contributed by atoms with Gasteiger partial charge in [0.1, 0.15) is 5.75 Å². The molecule has 1 N–H and O–H groups in total. The number of hydrogen-bond donors (Lipinski definition) is 1. The van der Waals surface area contributed by atoms with Crippen LogP contribution in [0.2, 0.25) is 0 Å². The number of alkyl halides is 3. The summed E-state index contributed by atoms with van der Waals surface area (Å²) in [5.74, 6) is -0.635. The average Bonchev–Trinajstić information content (AvgIpc) is 3.40. The molecule has 0 aliphatic heterocycles. The first-order chi connectivity index (χ1) is 19.4. The lowest BCUT2D eigenvalue weighted by Gasteiger charge is -2.19. The summed E-state index contributed by atoms with van der Waals surface area (Å²) >= 11 is 1.26. The summed E-state index contributed by atoms with van der Waals surface area (Å²) in [5.41, 5.74) is 2.63. The van der Waals surface area contributed by atoms with Crippen molar-refractivity contribution in [2.45, 2.75) is 23.3 Å². The number of thioether (sulfide) groups is 1. The van der Waals surface area contributed by atoms with Gasteiger partial charge in [-0.05, 0) is 41.5 Å². The highest BCUT2D eigenvalue weighted by Gasteiger charge is 2.31. The van der Waals surface area contributed by atoms with E-state index in [-0.39, 0.29) is 17.2 Å². The van der Waals surface area contributed by atoms with Crippen LogP contribution < -0.4 is 10.1 Å². The lowest BCUT2D eigenvalue weighted by molar-refractivity contribution is -0.274. The lowest BCUT2D eigenvalue weighted by Crippen LogP contribution is -2.30. The minimum absolute atomic E-state index is 0.0657. The lowest BCUT2D eigenvalue weighted by atomic mass is 9.98. The molecule has 5 rings (SSSR count). The number of benzene rings is 3. The van der Waals surface area contributed by atoms with Crippen LogP contribution in [0.15, 0.2) is 109 Å². The van der Waals surface area contributed by atoms with Gasteiger partial charge in [0.05, 0.1) is 17.4 Å². The van der Waals surface area contributed by atoms with E-state index in [1.165, 1.54) is 40.7 Å². The molecular weight excluding hydrogens is 541 g/mol. The molecule has 0 unspecified atom stereocenters. The fraction of sp³-hybridized carbons (Fsp3) is 0.107. The Morgan fingerprint density at radius 1 is 0.875 bits per heavy atom. The minimum atomic E-state index is -4.81. The van der Waals surface area contributed by atoms with Crippen LogP contribution in [-0.2, 0) is 5.75 Å². The monoisotopic (exact) mass is 562 g/mol. The normalized spacial score (nSPS) is 11.4. The summed E-state index contributed by atoms with van der Waals surface area (Å²) in [7, 11) is 0. The first kappa shape index (κ1) is 26.9. The third-order valence-corrected chi connectivity index (χ3v) is 6.60. The molecule has 1 amide bonds. The van der Waals surface area contributed by atoms with Gasteiger partial charge in [-0.3, -0.25) is 4.79 Å². The van der Waals surface area contributed by atoms with Crippen molar-refractivity contribution in [3.63, 3.8) is 0 Å². The molecule has 3 aromatic carbocycles. The summed E-state index contributed by atoms with van der Waals surface area (Å²) in [6.45, 7) is 0. The molecule has 0 aliphatic rings. The van der Waals surface area contributed by atoms with Crippen LogP contribution in [0.25, 0.3) is 5.69 Å². The van der Waals surface area contributed by atoms with Gasteiger partial charge in [-0.2, -0.15) is 0 Å². The average molecular weight is 563 g/mol. The number of hydrogen-bond acceptors (Lipinski definition) is 7. The van der Waals surface area contributed by atoms with E-state index in [0.29, 0.717) is 16.5 Å². The minimum Gasteiger partial charge on any atom is -0.406 e. The predicted octanol–water partition coefficient (Wildman–Crippen LogP) is 5.77. The van der Waals surface area contributed by atoms with Crippen LogP contribution in [0.1, 0.15) is 33.4 Å². The van der Waals surface area contributed by atoms with Crippen LogP contribution in [0.3, 0.4) is 0 Å². The zero-order chi connectivity index (χ0) is 28.0. The summed E-state index contributed by atoms with van der Waals surface area (Å²) in [6, 6.07) is 25.4. The van der Waals surface area contributed by atoms with Crippen LogP contribution >= 0.6 is 11.8 Å². The number of rotatable bonds is 9. The summed E-state index contributed by atoms with van der Waals surface area (Å²) in [5, 5.41) is 11.9. The Morgan fingerprint density at radius 3 is 2.05 bits per heavy atom.